The molecular formula is C3H6BClFLiO5. The molecule has 0 saturated heterocycles. The number of alkyl halides is 2. The first-order valence-corrected chi connectivity index (χ1v) is 2.69. The molecule has 0 aliphatic rings. The third-order valence-electron chi connectivity index (χ3n) is 0.376. The summed E-state index contributed by atoms with van der Waals surface area (Å²) < 4.78 is 11.7. The van der Waals surface area contributed by atoms with E-state index in [2.05, 4.69) is 11.6 Å². The Hall–Kier alpha value is 0.232. The Labute approximate surface area is 85.5 Å². The molecule has 0 saturated carbocycles. The molecule has 0 heterocycles. The van der Waals surface area contributed by atoms with E-state index in [1.54, 1.807) is 0 Å². The van der Waals surface area contributed by atoms with Crippen molar-refractivity contribution >= 4 is 24.9 Å². The Kier molecular flexibility index (Phi) is 11.9. The normalized spacial score (nSPS) is 12.8. The molecule has 0 spiro atoms. The van der Waals surface area contributed by atoms with E-state index >= 15 is 0 Å². The number of hydrogen-bond donors (Lipinski definition) is 3. The van der Waals surface area contributed by atoms with Crippen LogP contribution < -0.4 is 23.9 Å². The molecule has 0 aliphatic heterocycles. The van der Waals surface area contributed by atoms with Gasteiger partial charge in [-0.15, -0.1) is 0 Å². The van der Waals surface area contributed by atoms with Crippen LogP contribution in [0.4, 0.5) is 4.39 Å². The molecule has 12 heavy (non-hydrogen) atoms. The molecule has 0 aromatic rings. The van der Waals surface area contributed by atoms with Gasteiger partial charge in [0, 0.05) is 0 Å². The van der Waals surface area contributed by atoms with E-state index in [1.807, 2.05) is 0 Å². The van der Waals surface area contributed by atoms with Crippen molar-refractivity contribution in [3.05, 3.63) is 0 Å². The van der Waals surface area contributed by atoms with Crippen LogP contribution in [0.15, 0.2) is 0 Å². The van der Waals surface area contributed by atoms with Gasteiger partial charge in [0.05, 0.1) is 0 Å². The largest absolute Gasteiger partial charge is 1.00 e. The third kappa shape index (κ3) is 22.5. The van der Waals surface area contributed by atoms with Crippen LogP contribution in [0.3, 0.4) is 0 Å². The molecule has 5 nitrogen and oxygen atoms in total. The number of aliphatic carboxylic acids is 1. The van der Waals surface area contributed by atoms with Crippen molar-refractivity contribution in [2.45, 2.75) is 12.1 Å². The molecule has 0 rings (SSSR count). The number of hydrogen-bond acceptors (Lipinski definition) is 4. The van der Waals surface area contributed by atoms with Gasteiger partial charge in [-0.1, -0.05) is 11.6 Å². The van der Waals surface area contributed by atoms with E-state index in [1.165, 1.54) is 0 Å². The van der Waals surface area contributed by atoms with E-state index in [9.17, 15) is 9.18 Å². The Morgan fingerprint density at radius 1 is 1.67 bits per heavy atom. The van der Waals surface area contributed by atoms with Crippen LogP contribution in [0, 0.1) is 0 Å². The summed E-state index contributed by atoms with van der Waals surface area (Å²) in [6.07, 6.45) is 0. The summed E-state index contributed by atoms with van der Waals surface area (Å²) in [7, 11) is -2.42. The van der Waals surface area contributed by atoms with Crippen molar-refractivity contribution in [3.63, 3.8) is 0 Å². The van der Waals surface area contributed by atoms with Crippen molar-refractivity contribution in [2.75, 3.05) is 0 Å². The molecule has 9 heteroatoms. The standard InChI is InChI=1S/C3H4ClFO2.BH2O3.Li/c1-3(4,5)2(6)7;2-1(3)4;/h1H3,(H,6,7);2-3H;/q;-1;+1. The maximum Gasteiger partial charge on any atom is 1.00 e. The molecular weight excluding hydrogens is 188 g/mol. The molecule has 0 radical (unpaired) electrons. The molecule has 0 bridgehead atoms. The minimum Gasteiger partial charge on any atom is -0.832 e. The number of halogens is 2. The Morgan fingerprint density at radius 3 is 1.75 bits per heavy atom. The second-order valence-corrected chi connectivity index (χ2v) is 2.23. The van der Waals surface area contributed by atoms with Gasteiger partial charge >= 0.3 is 32.2 Å². The number of carboxylic acids is 1. The van der Waals surface area contributed by atoms with E-state index in [0.29, 0.717) is 0 Å². The summed E-state index contributed by atoms with van der Waals surface area (Å²) in [4.78, 5) is 9.51. The molecule has 0 aromatic carbocycles. The Morgan fingerprint density at radius 2 is 1.75 bits per heavy atom. The first-order valence-electron chi connectivity index (χ1n) is 2.31. The second-order valence-electron chi connectivity index (χ2n) is 1.52. The average Bonchev–Trinajstić information content (AvgIpc) is 1.59. The van der Waals surface area contributed by atoms with E-state index in [0.717, 1.165) is 6.92 Å². The summed E-state index contributed by atoms with van der Waals surface area (Å²) in [5.74, 6) is -1.66. The van der Waals surface area contributed by atoms with Crippen LogP contribution in [0.5, 0.6) is 0 Å². The smallest absolute Gasteiger partial charge is 0.832 e. The minimum atomic E-state index is -2.61. The number of rotatable bonds is 1. The summed E-state index contributed by atoms with van der Waals surface area (Å²) in [6, 6.07) is 0. The summed E-state index contributed by atoms with van der Waals surface area (Å²) >= 11 is 4.60. The van der Waals surface area contributed by atoms with Gasteiger partial charge in [0.15, 0.2) is 0 Å². The Bertz CT molecular complexity index is 126. The van der Waals surface area contributed by atoms with Crippen LogP contribution in [0.1, 0.15) is 6.92 Å². The fourth-order valence-corrected chi connectivity index (χ4v) is 0. The van der Waals surface area contributed by atoms with E-state index in [4.69, 9.17) is 20.2 Å². The topological polar surface area (TPSA) is 101 Å². The first-order chi connectivity index (χ1) is 4.68. The van der Waals surface area contributed by atoms with Gasteiger partial charge in [-0.05, 0) is 6.92 Å². The van der Waals surface area contributed by atoms with Gasteiger partial charge in [-0.25, -0.2) is 9.18 Å². The molecule has 0 fully saturated rings. The van der Waals surface area contributed by atoms with E-state index < -0.39 is 18.4 Å². The molecule has 1 unspecified atom stereocenters. The maximum atomic E-state index is 11.7. The van der Waals surface area contributed by atoms with E-state index in [-0.39, 0.29) is 18.9 Å². The first kappa shape index (κ1) is 18.1. The summed E-state index contributed by atoms with van der Waals surface area (Å²) in [6.45, 7) is 0.761. The monoisotopic (exact) mass is 194 g/mol. The van der Waals surface area contributed by atoms with Crippen LogP contribution in [-0.4, -0.2) is 33.6 Å². The number of carboxylic acid groups (broad SMARTS) is 1. The number of carbonyl (C=O) groups is 1. The van der Waals surface area contributed by atoms with Gasteiger partial charge in [0.1, 0.15) is 0 Å². The third-order valence-corrected chi connectivity index (χ3v) is 0.537. The van der Waals surface area contributed by atoms with Gasteiger partial charge in [0.25, 0.3) is 5.13 Å². The van der Waals surface area contributed by atoms with Gasteiger partial charge in [-0.2, -0.15) is 0 Å². The van der Waals surface area contributed by atoms with Crippen molar-refractivity contribution in [2.24, 2.45) is 0 Å². The van der Waals surface area contributed by atoms with Crippen LogP contribution in [0.25, 0.3) is 0 Å². The van der Waals surface area contributed by atoms with Crippen LogP contribution in [-0.2, 0) is 4.79 Å². The fraction of sp³-hybridized carbons (Fsp3) is 0.667. The van der Waals surface area contributed by atoms with Crippen LogP contribution >= 0.6 is 11.6 Å². The molecule has 66 valence electrons. The van der Waals surface area contributed by atoms with Crippen LogP contribution in [0.2, 0.25) is 0 Å². The molecule has 0 amide bonds. The van der Waals surface area contributed by atoms with Gasteiger partial charge in [0.2, 0.25) is 0 Å². The molecule has 1 atom stereocenters. The average molecular weight is 194 g/mol. The van der Waals surface area contributed by atoms with Crippen molar-refractivity contribution in [3.8, 4) is 0 Å². The van der Waals surface area contributed by atoms with Gasteiger partial charge in [-0.3, -0.25) is 0 Å². The van der Waals surface area contributed by atoms with Crippen molar-refractivity contribution in [1.82, 2.24) is 0 Å². The zero-order valence-electron chi connectivity index (χ0n) is 6.49. The predicted molar refractivity (Wildman–Crippen MR) is 33.2 cm³/mol. The Balaban J connectivity index is -0.000000142. The quantitative estimate of drug-likeness (QED) is 0.288. The maximum absolute atomic E-state index is 11.7. The predicted octanol–water partition coefficient (Wildman–Crippen LogP) is -4.68. The molecule has 0 aliphatic carbocycles. The minimum absolute atomic E-state index is 0. The summed E-state index contributed by atoms with van der Waals surface area (Å²) in [5, 5.41) is 27.9. The SMILES string of the molecule is CC(F)(Cl)C(=O)O.[Li+].[O-]B(O)O. The molecule has 3 N–H and O–H groups in total. The summed E-state index contributed by atoms with van der Waals surface area (Å²) in [5.41, 5.74) is 0. The van der Waals surface area contributed by atoms with Crippen molar-refractivity contribution in [1.29, 1.82) is 0 Å². The molecule has 0 aromatic heterocycles. The second kappa shape index (κ2) is 7.86. The zero-order valence-corrected chi connectivity index (χ0v) is 7.25. The van der Waals surface area contributed by atoms with Gasteiger partial charge < -0.3 is 20.2 Å². The zero-order chi connectivity index (χ0) is 9.65. The fourth-order valence-electron chi connectivity index (χ4n) is 0. The van der Waals surface area contributed by atoms with Crippen molar-refractivity contribution < 1.29 is 48.2 Å².